The Morgan fingerprint density at radius 3 is 2.70 bits per heavy atom. The Hall–Kier alpha value is -2.44. The van der Waals surface area contributed by atoms with Gasteiger partial charge in [-0.05, 0) is 25.5 Å². The second kappa shape index (κ2) is 6.65. The largest absolute Gasteiger partial charge is 0.486 e. The van der Waals surface area contributed by atoms with Crippen molar-refractivity contribution in [3.05, 3.63) is 45.3 Å². The lowest BCUT2D eigenvalue weighted by atomic mass is 10.2. The molecule has 0 fully saturated rings. The normalized spacial score (nSPS) is 11.2. The first-order chi connectivity index (χ1) is 9.36. The second-order valence-corrected chi connectivity index (χ2v) is 4.03. The number of hydrogen-bond donors (Lipinski definition) is 1. The highest BCUT2D eigenvalue weighted by molar-refractivity contribution is 5.86. The van der Waals surface area contributed by atoms with Gasteiger partial charge in [0.05, 0.1) is 11.0 Å². The van der Waals surface area contributed by atoms with E-state index in [9.17, 15) is 19.3 Å². The highest BCUT2D eigenvalue weighted by Gasteiger charge is 2.16. The van der Waals surface area contributed by atoms with Gasteiger partial charge >= 0.3 is 5.97 Å². The molecule has 0 radical (unpaired) electrons. The highest BCUT2D eigenvalue weighted by Crippen LogP contribution is 2.27. The lowest BCUT2D eigenvalue weighted by molar-refractivity contribution is -0.385. The number of benzene rings is 1. The summed E-state index contributed by atoms with van der Waals surface area (Å²) in [5.41, 5.74) is 0.0959. The molecule has 20 heavy (non-hydrogen) atoms. The van der Waals surface area contributed by atoms with Crippen LogP contribution in [0.4, 0.5) is 10.1 Å². The highest BCUT2D eigenvalue weighted by atomic mass is 19.1. The van der Waals surface area contributed by atoms with Gasteiger partial charge < -0.3 is 9.84 Å². The van der Waals surface area contributed by atoms with E-state index in [-0.39, 0.29) is 29.2 Å². The van der Waals surface area contributed by atoms with E-state index < -0.39 is 16.7 Å². The molecular weight excluding hydrogens is 269 g/mol. The summed E-state index contributed by atoms with van der Waals surface area (Å²) < 4.78 is 18.7. The fourth-order valence-electron chi connectivity index (χ4n) is 1.57. The zero-order chi connectivity index (χ0) is 15.3. The number of carboxylic acids is 1. The molecule has 0 aliphatic carbocycles. The summed E-state index contributed by atoms with van der Waals surface area (Å²) in [6.45, 7) is 3.02. The Morgan fingerprint density at radius 2 is 2.20 bits per heavy atom. The summed E-state index contributed by atoms with van der Waals surface area (Å²) in [5.74, 6) is -2.06. The van der Waals surface area contributed by atoms with Gasteiger partial charge in [-0.15, -0.1) is 0 Å². The van der Waals surface area contributed by atoms with E-state index in [1.54, 1.807) is 6.92 Å². The summed E-state index contributed by atoms with van der Waals surface area (Å²) >= 11 is 0. The van der Waals surface area contributed by atoms with Crippen molar-refractivity contribution in [1.82, 2.24) is 0 Å². The lowest BCUT2D eigenvalue weighted by Gasteiger charge is -2.07. The van der Waals surface area contributed by atoms with Gasteiger partial charge in [0.1, 0.15) is 6.61 Å². The fraction of sp³-hybridized carbons (Fsp3) is 0.308. The Balaban J connectivity index is 2.87. The Kier molecular flexibility index (Phi) is 5.19. The molecule has 0 saturated heterocycles. The molecule has 1 aromatic carbocycles. The van der Waals surface area contributed by atoms with Gasteiger partial charge in [0.2, 0.25) is 0 Å². The van der Waals surface area contributed by atoms with Gasteiger partial charge in [0.25, 0.3) is 5.69 Å². The quantitative estimate of drug-likeness (QED) is 0.492. The number of carboxylic acid groups (broad SMARTS) is 1. The number of aryl methyl sites for hydroxylation is 1. The molecule has 7 heteroatoms. The van der Waals surface area contributed by atoms with Gasteiger partial charge in [0.15, 0.2) is 11.6 Å². The summed E-state index contributed by atoms with van der Waals surface area (Å²) in [5, 5.41) is 19.4. The molecule has 0 atom stereocenters. The third-order valence-corrected chi connectivity index (χ3v) is 2.67. The molecule has 0 aromatic heterocycles. The van der Waals surface area contributed by atoms with Gasteiger partial charge in [-0.3, -0.25) is 10.1 Å². The summed E-state index contributed by atoms with van der Waals surface area (Å²) in [7, 11) is 0. The van der Waals surface area contributed by atoms with Crippen LogP contribution in [0.15, 0.2) is 23.8 Å². The van der Waals surface area contributed by atoms with E-state index in [1.165, 1.54) is 19.1 Å². The molecule has 0 aliphatic rings. The van der Waals surface area contributed by atoms with Gasteiger partial charge in [0, 0.05) is 11.1 Å². The van der Waals surface area contributed by atoms with Crippen LogP contribution in [-0.4, -0.2) is 22.6 Å². The number of nitro groups is 1. The summed E-state index contributed by atoms with van der Waals surface area (Å²) in [6.07, 6.45) is 1.65. The van der Waals surface area contributed by atoms with Crippen molar-refractivity contribution < 1.29 is 24.0 Å². The van der Waals surface area contributed by atoms with Crippen LogP contribution in [0.5, 0.6) is 5.75 Å². The van der Waals surface area contributed by atoms with E-state index in [0.717, 1.165) is 6.07 Å². The number of nitro benzene ring substituents is 1. The molecule has 1 aromatic rings. The zero-order valence-corrected chi connectivity index (χ0v) is 11.1. The SMILES string of the molecule is CC/C(=C/COc1cc(C)c([N+](=O)[O-])cc1F)C(=O)O. The maximum Gasteiger partial charge on any atom is 0.331 e. The number of nitrogens with zero attached hydrogens (tertiary/aromatic N) is 1. The number of hydrogen-bond acceptors (Lipinski definition) is 4. The number of halogens is 1. The van der Waals surface area contributed by atoms with Gasteiger partial charge in [-0.25, -0.2) is 9.18 Å². The number of rotatable bonds is 6. The average Bonchev–Trinajstić information content (AvgIpc) is 2.37. The molecule has 108 valence electrons. The van der Waals surface area contributed by atoms with Crippen molar-refractivity contribution in [2.24, 2.45) is 0 Å². The molecular formula is C13H14FNO5. The Labute approximate surface area is 114 Å². The van der Waals surface area contributed by atoms with Gasteiger partial charge in [-0.2, -0.15) is 0 Å². The first-order valence-corrected chi connectivity index (χ1v) is 5.86. The van der Waals surface area contributed by atoms with Crippen LogP contribution in [0.3, 0.4) is 0 Å². The summed E-state index contributed by atoms with van der Waals surface area (Å²) in [6, 6.07) is 2.00. The average molecular weight is 283 g/mol. The number of ether oxygens (including phenoxy) is 1. The molecule has 0 aliphatic heterocycles. The Morgan fingerprint density at radius 1 is 1.55 bits per heavy atom. The molecule has 6 nitrogen and oxygen atoms in total. The Bertz CT molecular complexity index is 568. The predicted molar refractivity (Wildman–Crippen MR) is 69.3 cm³/mol. The van der Waals surface area contributed by atoms with E-state index in [1.807, 2.05) is 0 Å². The maximum absolute atomic E-state index is 13.6. The topological polar surface area (TPSA) is 89.7 Å². The lowest BCUT2D eigenvalue weighted by Crippen LogP contribution is -2.04. The molecule has 0 amide bonds. The minimum absolute atomic E-state index is 0.121. The van der Waals surface area contributed by atoms with Crippen LogP contribution in [-0.2, 0) is 4.79 Å². The smallest absolute Gasteiger partial charge is 0.331 e. The van der Waals surface area contributed by atoms with Crippen LogP contribution < -0.4 is 4.74 Å². The molecule has 1 rings (SSSR count). The van der Waals surface area contributed by atoms with Crippen molar-refractivity contribution in [2.75, 3.05) is 6.61 Å². The standard InChI is InChI=1S/C13H14FNO5/c1-3-9(13(16)17)4-5-20-12-6-8(2)11(15(18)19)7-10(12)14/h4,6-7H,3,5H2,1-2H3,(H,16,17)/b9-4-. The van der Waals surface area contributed by atoms with Crippen LogP contribution in [0, 0.1) is 22.9 Å². The molecule has 0 bridgehead atoms. The monoisotopic (exact) mass is 283 g/mol. The molecule has 0 unspecified atom stereocenters. The van der Waals surface area contributed by atoms with Crippen molar-refractivity contribution >= 4 is 11.7 Å². The molecule has 1 N–H and O–H groups in total. The minimum Gasteiger partial charge on any atom is -0.486 e. The fourth-order valence-corrected chi connectivity index (χ4v) is 1.57. The van der Waals surface area contributed by atoms with Crippen LogP contribution in [0.2, 0.25) is 0 Å². The molecule has 0 heterocycles. The second-order valence-electron chi connectivity index (χ2n) is 4.03. The van der Waals surface area contributed by atoms with Crippen molar-refractivity contribution in [2.45, 2.75) is 20.3 Å². The van der Waals surface area contributed by atoms with E-state index in [4.69, 9.17) is 9.84 Å². The maximum atomic E-state index is 13.6. The summed E-state index contributed by atoms with van der Waals surface area (Å²) in [4.78, 5) is 20.7. The number of aliphatic carboxylic acids is 1. The van der Waals surface area contributed by atoms with Crippen LogP contribution >= 0.6 is 0 Å². The van der Waals surface area contributed by atoms with E-state index in [0.29, 0.717) is 6.42 Å². The molecule has 0 saturated carbocycles. The third-order valence-electron chi connectivity index (χ3n) is 2.67. The minimum atomic E-state index is -1.06. The first-order valence-electron chi connectivity index (χ1n) is 5.86. The molecule has 0 spiro atoms. The van der Waals surface area contributed by atoms with E-state index in [2.05, 4.69) is 0 Å². The zero-order valence-electron chi connectivity index (χ0n) is 11.1. The first kappa shape index (κ1) is 15.6. The van der Waals surface area contributed by atoms with E-state index >= 15 is 0 Å². The van der Waals surface area contributed by atoms with Crippen molar-refractivity contribution in [3.8, 4) is 5.75 Å². The van der Waals surface area contributed by atoms with Crippen molar-refractivity contribution in [3.63, 3.8) is 0 Å². The van der Waals surface area contributed by atoms with Gasteiger partial charge in [-0.1, -0.05) is 6.92 Å². The number of carbonyl (C=O) groups is 1. The third kappa shape index (κ3) is 3.78. The predicted octanol–water partition coefficient (Wildman–Crippen LogP) is 2.84. The van der Waals surface area contributed by atoms with Crippen molar-refractivity contribution in [1.29, 1.82) is 0 Å². The van der Waals surface area contributed by atoms with Crippen LogP contribution in [0.1, 0.15) is 18.9 Å². The van der Waals surface area contributed by atoms with Crippen LogP contribution in [0.25, 0.3) is 0 Å².